The van der Waals surface area contributed by atoms with Gasteiger partial charge in [0.15, 0.2) is 0 Å². The standard InChI is InChI=1S/C19H25FN4O/c20-17-7-1-4-15(10-17)5-2-8-21-18-11-19(23-14-22-18)24-9-3-6-16(12-24)13-25/h1,4,7,10-11,14,16,25H,2-3,5-6,8-9,12-13H2,(H,21,22,23). The van der Waals surface area contributed by atoms with Gasteiger partial charge in [-0.3, -0.25) is 0 Å². The summed E-state index contributed by atoms with van der Waals surface area (Å²) in [6.45, 7) is 2.80. The maximum Gasteiger partial charge on any atom is 0.134 e. The van der Waals surface area contributed by atoms with Gasteiger partial charge in [-0.05, 0) is 49.3 Å². The van der Waals surface area contributed by atoms with Crippen molar-refractivity contribution >= 4 is 11.6 Å². The molecule has 0 amide bonds. The van der Waals surface area contributed by atoms with Crippen LogP contribution in [0, 0.1) is 11.7 Å². The van der Waals surface area contributed by atoms with Gasteiger partial charge < -0.3 is 15.3 Å². The average molecular weight is 344 g/mol. The van der Waals surface area contributed by atoms with Crippen LogP contribution >= 0.6 is 0 Å². The van der Waals surface area contributed by atoms with E-state index in [-0.39, 0.29) is 12.4 Å². The van der Waals surface area contributed by atoms with Crippen LogP contribution in [0.25, 0.3) is 0 Å². The Balaban J connectivity index is 1.50. The molecule has 1 aromatic heterocycles. The number of anilines is 2. The molecule has 1 unspecified atom stereocenters. The van der Waals surface area contributed by atoms with Crippen molar-refractivity contribution in [1.29, 1.82) is 0 Å². The van der Waals surface area contributed by atoms with Crippen LogP contribution in [0.15, 0.2) is 36.7 Å². The normalized spacial score (nSPS) is 17.5. The number of aryl methyl sites for hydroxylation is 1. The monoisotopic (exact) mass is 344 g/mol. The highest BCUT2D eigenvalue weighted by Crippen LogP contribution is 2.22. The SMILES string of the molecule is OCC1CCCN(c2cc(NCCCc3cccc(F)c3)ncn2)C1. The molecule has 5 nitrogen and oxygen atoms in total. The number of halogens is 1. The lowest BCUT2D eigenvalue weighted by molar-refractivity contribution is 0.208. The van der Waals surface area contributed by atoms with Gasteiger partial charge in [0.05, 0.1) is 0 Å². The van der Waals surface area contributed by atoms with Crippen molar-refractivity contribution in [3.8, 4) is 0 Å². The Hall–Kier alpha value is -2.21. The van der Waals surface area contributed by atoms with Gasteiger partial charge in [-0.15, -0.1) is 0 Å². The second-order valence-corrected chi connectivity index (χ2v) is 6.56. The van der Waals surface area contributed by atoms with Crippen LogP contribution < -0.4 is 10.2 Å². The zero-order chi connectivity index (χ0) is 17.5. The molecule has 0 saturated carbocycles. The highest BCUT2D eigenvalue weighted by atomic mass is 19.1. The first kappa shape index (κ1) is 17.6. The van der Waals surface area contributed by atoms with Crippen LogP contribution in [-0.2, 0) is 6.42 Å². The predicted molar refractivity (Wildman–Crippen MR) is 97.3 cm³/mol. The van der Waals surface area contributed by atoms with Crippen molar-refractivity contribution in [2.45, 2.75) is 25.7 Å². The molecule has 25 heavy (non-hydrogen) atoms. The number of hydrogen-bond acceptors (Lipinski definition) is 5. The highest BCUT2D eigenvalue weighted by Gasteiger charge is 2.20. The minimum atomic E-state index is -0.186. The summed E-state index contributed by atoms with van der Waals surface area (Å²) >= 11 is 0. The molecule has 1 atom stereocenters. The Bertz CT molecular complexity index is 682. The summed E-state index contributed by atoms with van der Waals surface area (Å²) in [5, 5.41) is 12.7. The van der Waals surface area contributed by atoms with Crippen LogP contribution in [-0.4, -0.2) is 41.3 Å². The fourth-order valence-electron chi connectivity index (χ4n) is 3.24. The van der Waals surface area contributed by atoms with E-state index in [0.717, 1.165) is 62.5 Å². The molecule has 6 heteroatoms. The minimum Gasteiger partial charge on any atom is -0.396 e. The lowest BCUT2D eigenvalue weighted by Gasteiger charge is -2.32. The fourth-order valence-corrected chi connectivity index (χ4v) is 3.24. The summed E-state index contributed by atoms with van der Waals surface area (Å²) in [7, 11) is 0. The second kappa shape index (κ2) is 8.76. The van der Waals surface area contributed by atoms with E-state index in [1.54, 1.807) is 18.5 Å². The zero-order valence-corrected chi connectivity index (χ0v) is 14.4. The number of benzene rings is 1. The number of rotatable bonds is 7. The van der Waals surface area contributed by atoms with Crippen LogP contribution in [0.5, 0.6) is 0 Å². The summed E-state index contributed by atoms with van der Waals surface area (Å²) in [5.41, 5.74) is 1.01. The van der Waals surface area contributed by atoms with Gasteiger partial charge in [0.25, 0.3) is 0 Å². The third-order valence-electron chi connectivity index (χ3n) is 4.59. The molecule has 1 aliphatic heterocycles. The molecule has 1 fully saturated rings. The van der Waals surface area contributed by atoms with Crippen LogP contribution in [0.3, 0.4) is 0 Å². The van der Waals surface area contributed by atoms with E-state index in [1.807, 2.05) is 12.1 Å². The second-order valence-electron chi connectivity index (χ2n) is 6.56. The molecule has 0 bridgehead atoms. The number of aromatic nitrogens is 2. The van der Waals surface area contributed by atoms with Crippen molar-refractivity contribution < 1.29 is 9.50 Å². The Labute approximate surface area is 147 Å². The van der Waals surface area contributed by atoms with Gasteiger partial charge in [-0.1, -0.05) is 12.1 Å². The number of hydrogen-bond donors (Lipinski definition) is 2. The highest BCUT2D eigenvalue weighted by molar-refractivity contribution is 5.48. The van der Waals surface area contributed by atoms with Crippen molar-refractivity contribution in [2.24, 2.45) is 5.92 Å². The molecule has 3 rings (SSSR count). The number of piperidine rings is 1. The molecule has 0 spiro atoms. The van der Waals surface area contributed by atoms with Gasteiger partial charge >= 0.3 is 0 Å². The van der Waals surface area contributed by atoms with Crippen molar-refractivity contribution in [2.75, 3.05) is 36.5 Å². The van der Waals surface area contributed by atoms with Crippen molar-refractivity contribution in [1.82, 2.24) is 9.97 Å². The largest absolute Gasteiger partial charge is 0.396 e. The Morgan fingerprint density at radius 2 is 2.20 bits per heavy atom. The molecule has 0 aliphatic carbocycles. The lowest BCUT2D eigenvalue weighted by Crippen LogP contribution is -2.37. The van der Waals surface area contributed by atoms with E-state index >= 15 is 0 Å². The van der Waals surface area contributed by atoms with E-state index in [2.05, 4.69) is 20.2 Å². The molecular formula is C19H25FN4O. The van der Waals surface area contributed by atoms with E-state index in [4.69, 9.17) is 0 Å². The summed E-state index contributed by atoms with van der Waals surface area (Å²) in [4.78, 5) is 10.9. The first-order valence-electron chi connectivity index (χ1n) is 8.91. The first-order chi connectivity index (χ1) is 12.2. The quantitative estimate of drug-likeness (QED) is 0.756. The molecule has 2 aromatic rings. The lowest BCUT2D eigenvalue weighted by atomic mass is 9.99. The predicted octanol–water partition coefficient (Wildman–Crippen LogP) is 2.87. The summed E-state index contributed by atoms with van der Waals surface area (Å²) in [6.07, 6.45) is 5.45. The van der Waals surface area contributed by atoms with Gasteiger partial charge in [0, 0.05) is 32.3 Å². The van der Waals surface area contributed by atoms with Crippen molar-refractivity contribution in [3.63, 3.8) is 0 Å². The summed E-state index contributed by atoms with van der Waals surface area (Å²) < 4.78 is 13.2. The maximum absolute atomic E-state index is 13.2. The molecule has 0 radical (unpaired) electrons. The van der Waals surface area contributed by atoms with Crippen LogP contribution in [0.4, 0.5) is 16.0 Å². The van der Waals surface area contributed by atoms with E-state index in [9.17, 15) is 9.50 Å². The average Bonchev–Trinajstić information content (AvgIpc) is 2.66. The third kappa shape index (κ3) is 5.13. The van der Waals surface area contributed by atoms with Gasteiger partial charge in [-0.2, -0.15) is 0 Å². The van der Waals surface area contributed by atoms with Gasteiger partial charge in [0.2, 0.25) is 0 Å². The van der Waals surface area contributed by atoms with Gasteiger partial charge in [-0.25, -0.2) is 14.4 Å². The molecule has 1 saturated heterocycles. The molecule has 2 heterocycles. The Morgan fingerprint density at radius 1 is 1.28 bits per heavy atom. The zero-order valence-electron chi connectivity index (χ0n) is 14.4. The van der Waals surface area contributed by atoms with E-state index in [1.165, 1.54) is 6.07 Å². The number of nitrogens with one attached hydrogen (secondary N) is 1. The smallest absolute Gasteiger partial charge is 0.134 e. The minimum absolute atomic E-state index is 0.186. The van der Waals surface area contributed by atoms with E-state index in [0.29, 0.717) is 5.92 Å². The first-order valence-corrected chi connectivity index (χ1v) is 8.91. The van der Waals surface area contributed by atoms with Crippen molar-refractivity contribution in [3.05, 3.63) is 48.0 Å². The number of nitrogens with zero attached hydrogens (tertiary/aromatic N) is 3. The van der Waals surface area contributed by atoms with Crippen LogP contribution in [0.2, 0.25) is 0 Å². The molecular weight excluding hydrogens is 319 g/mol. The number of aliphatic hydroxyl groups excluding tert-OH is 1. The maximum atomic E-state index is 13.2. The summed E-state index contributed by atoms with van der Waals surface area (Å²) in [6, 6.07) is 8.69. The summed E-state index contributed by atoms with van der Waals surface area (Å²) in [5.74, 6) is 1.84. The molecule has 1 aromatic carbocycles. The Kier molecular flexibility index (Phi) is 6.17. The third-order valence-corrected chi connectivity index (χ3v) is 4.59. The molecule has 134 valence electrons. The fraction of sp³-hybridized carbons (Fsp3) is 0.474. The van der Waals surface area contributed by atoms with E-state index < -0.39 is 0 Å². The number of aliphatic hydroxyl groups is 1. The molecule has 1 aliphatic rings. The van der Waals surface area contributed by atoms with Crippen LogP contribution in [0.1, 0.15) is 24.8 Å². The van der Waals surface area contributed by atoms with Gasteiger partial charge in [0.1, 0.15) is 23.8 Å². The topological polar surface area (TPSA) is 61.3 Å². The molecule has 2 N–H and O–H groups in total. The Morgan fingerprint density at radius 3 is 3.04 bits per heavy atom.